The molecular formula is C16H22N4O3. The largest absolute Gasteiger partial charge is 0.497 e. The molecule has 7 heteroatoms. The number of hydrazone groups is 1. The molecular weight excluding hydrogens is 296 g/mol. The van der Waals surface area contributed by atoms with Crippen molar-refractivity contribution >= 4 is 18.6 Å². The van der Waals surface area contributed by atoms with Gasteiger partial charge in [0.15, 0.2) is 5.84 Å². The molecule has 1 heterocycles. The van der Waals surface area contributed by atoms with Crippen molar-refractivity contribution in [3.8, 4) is 5.75 Å². The van der Waals surface area contributed by atoms with Crippen LogP contribution in [0.3, 0.4) is 0 Å². The number of rotatable bonds is 3. The van der Waals surface area contributed by atoms with Crippen molar-refractivity contribution in [3.63, 3.8) is 0 Å². The first-order valence-corrected chi connectivity index (χ1v) is 7.22. The summed E-state index contributed by atoms with van der Waals surface area (Å²) < 4.78 is 10.5. The van der Waals surface area contributed by atoms with E-state index in [2.05, 4.69) is 16.8 Å². The Balaban J connectivity index is 2.19. The number of carbonyl (C=O) groups excluding carboxylic acids is 1. The molecule has 1 fully saturated rings. The van der Waals surface area contributed by atoms with E-state index >= 15 is 0 Å². The molecule has 2 amide bonds. The first-order valence-electron chi connectivity index (χ1n) is 7.22. The summed E-state index contributed by atoms with van der Waals surface area (Å²) in [5.74, 6) is 1.10. The number of amidine groups is 1. The highest BCUT2D eigenvalue weighted by Gasteiger charge is 2.38. The lowest BCUT2D eigenvalue weighted by Crippen LogP contribution is -2.48. The third-order valence-corrected chi connectivity index (χ3v) is 3.66. The van der Waals surface area contributed by atoms with Crippen molar-refractivity contribution in [3.05, 3.63) is 29.8 Å². The minimum Gasteiger partial charge on any atom is -0.497 e. The Morgan fingerprint density at radius 3 is 2.52 bits per heavy atom. The molecule has 2 rings (SSSR count). The molecule has 0 N–H and O–H groups in total. The van der Waals surface area contributed by atoms with Crippen LogP contribution in [0.5, 0.6) is 5.75 Å². The Morgan fingerprint density at radius 1 is 1.39 bits per heavy atom. The van der Waals surface area contributed by atoms with Crippen molar-refractivity contribution in [1.29, 1.82) is 0 Å². The second kappa shape index (κ2) is 6.78. The molecule has 7 nitrogen and oxygen atoms in total. The van der Waals surface area contributed by atoms with E-state index in [4.69, 9.17) is 9.47 Å². The number of methoxy groups -OCH3 is 1. The molecule has 0 saturated carbocycles. The number of carbonyl (C=O) groups is 1. The molecule has 124 valence electrons. The molecule has 1 aromatic rings. The highest BCUT2D eigenvalue weighted by Crippen LogP contribution is 2.23. The zero-order valence-corrected chi connectivity index (χ0v) is 13.9. The molecule has 23 heavy (non-hydrogen) atoms. The van der Waals surface area contributed by atoms with Gasteiger partial charge in [0, 0.05) is 12.6 Å². The maximum atomic E-state index is 12.5. The van der Waals surface area contributed by atoms with Crippen LogP contribution < -0.4 is 4.74 Å². The van der Waals surface area contributed by atoms with Crippen LogP contribution in [0.2, 0.25) is 0 Å². The fourth-order valence-corrected chi connectivity index (χ4v) is 2.23. The molecule has 0 aliphatic carbocycles. The van der Waals surface area contributed by atoms with Gasteiger partial charge in [0.05, 0.1) is 19.3 Å². The molecule has 0 aromatic heterocycles. The van der Waals surface area contributed by atoms with Gasteiger partial charge in [-0.15, -0.1) is 5.10 Å². The van der Waals surface area contributed by atoms with Gasteiger partial charge in [-0.3, -0.25) is 4.90 Å². The smallest absolute Gasteiger partial charge is 0.342 e. The van der Waals surface area contributed by atoms with Gasteiger partial charge in [0.25, 0.3) is 0 Å². The van der Waals surface area contributed by atoms with E-state index in [0.717, 1.165) is 11.3 Å². The number of hydrogen-bond acceptors (Lipinski definition) is 4. The zero-order chi connectivity index (χ0) is 17.0. The van der Waals surface area contributed by atoms with Gasteiger partial charge in [-0.1, -0.05) is 0 Å². The number of benzene rings is 1. The van der Waals surface area contributed by atoms with Crippen molar-refractivity contribution < 1.29 is 14.3 Å². The Kier molecular flexibility index (Phi) is 5.00. The maximum absolute atomic E-state index is 12.5. The molecule has 1 aromatic carbocycles. The van der Waals surface area contributed by atoms with Gasteiger partial charge in [0.1, 0.15) is 12.5 Å². The summed E-state index contributed by atoms with van der Waals surface area (Å²) in [6.07, 6.45) is 0. The van der Waals surface area contributed by atoms with Crippen LogP contribution in [0, 0.1) is 0 Å². The van der Waals surface area contributed by atoms with E-state index in [-0.39, 0.29) is 18.3 Å². The van der Waals surface area contributed by atoms with Crippen molar-refractivity contribution in [2.45, 2.75) is 19.4 Å². The quantitative estimate of drug-likeness (QED) is 0.487. The predicted octanol–water partition coefficient (Wildman–Crippen LogP) is 2.18. The standard InChI is InChI=1S/C16H22N4O3/c1-16(2)10-23-11-20(16)15(21)19(4)18-14(17-3)12-6-8-13(22-5)9-7-12/h6-9H,3,10-11H2,1-2,4-5H3. The fraction of sp³-hybridized carbons (Fsp3) is 0.438. The lowest BCUT2D eigenvalue weighted by molar-refractivity contribution is 0.118. The van der Waals surface area contributed by atoms with E-state index < -0.39 is 0 Å². The molecule has 1 saturated heterocycles. The molecule has 0 atom stereocenters. The van der Waals surface area contributed by atoms with Gasteiger partial charge >= 0.3 is 6.03 Å². The van der Waals surface area contributed by atoms with Crippen LogP contribution >= 0.6 is 0 Å². The van der Waals surface area contributed by atoms with E-state index in [1.54, 1.807) is 31.2 Å². The minimum absolute atomic E-state index is 0.248. The first kappa shape index (κ1) is 17.0. The number of aliphatic imine (C=N–C) groups is 1. The SMILES string of the molecule is C=NC(=NN(C)C(=O)N1COCC1(C)C)c1ccc(OC)cc1. The molecule has 1 aliphatic heterocycles. The molecule has 0 bridgehead atoms. The Morgan fingerprint density at radius 2 is 2.04 bits per heavy atom. The topological polar surface area (TPSA) is 66.7 Å². The van der Waals surface area contributed by atoms with Crippen LogP contribution in [-0.4, -0.2) is 61.5 Å². The van der Waals surface area contributed by atoms with E-state index in [1.165, 1.54) is 5.01 Å². The molecule has 0 unspecified atom stereocenters. The summed E-state index contributed by atoms with van der Waals surface area (Å²) in [7, 11) is 3.19. The lowest BCUT2D eigenvalue weighted by Gasteiger charge is -2.31. The van der Waals surface area contributed by atoms with Crippen LogP contribution in [0.25, 0.3) is 0 Å². The summed E-state index contributed by atoms with van der Waals surface area (Å²) >= 11 is 0. The van der Waals surface area contributed by atoms with Crippen molar-refractivity contribution in [2.75, 3.05) is 27.5 Å². The number of hydrogen-bond donors (Lipinski definition) is 0. The molecule has 1 aliphatic rings. The van der Waals surface area contributed by atoms with Gasteiger partial charge in [-0.05, 0) is 44.8 Å². The van der Waals surface area contributed by atoms with E-state index in [1.807, 2.05) is 26.0 Å². The number of nitrogens with zero attached hydrogens (tertiary/aromatic N) is 4. The van der Waals surface area contributed by atoms with E-state index in [9.17, 15) is 4.79 Å². The monoisotopic (exact) mass is 318 g/mol. The summed E-state index contributed by atoms with van der Waals surface area (Å²) in [5, 5.41) is 5.52. The van der Waals surface area contributed by atoms with Crippen LogP contribution in [0.4, 0.5) is 4.79 Å². The summed E-state index contributed by atoms with van der Waals surface area (Å²) in [6, 6.07) is 6.98. The molecule has 0 radical (unpaired) electrons. The minimum atomic E-state index is -0.358. The predicted molar refractivity (Wildman–Crippen MR) is 89.0 cm³/mol. The van der Waals surface area contributed by atoms with Gasteiger partial charge in [-0.25, -0.2) is 14.8 Å². The summed E-state index contributed by atoms with van der Waals surface area (Å²) in [6.45, 7) is 8.19. The Hall–Kier alpha value is -2.41. The fourth-order valence-electron chi connectivity index (χ4n) is 2.23. The zero-order valence-electron chi connectivity index (χ0n) is 13.9. The Labute approximate surface area is 136 Å². The number of urea groups is 1. The highest BCUT2D eigenvalue weighted by atomic mass is 16.5. The highest BCUT2D eigenvalue weighted by molar-refractivity contribution is 6.01. The second-order valence-electron chi connectivity index (χ2n) is 5.83. The summed E-state index contributed by atoms with van der Waals surface area (Å²) in [5.41, 5.74) is 0.389. The van der Waals surface area contributed by atoms with Crippen LogP contribution in [-0.2, 0) is 4.74 Å². The lowest BCUT2D eigenvalue weighted by atomic mass is 10.1. The van der Waals surface area contributed by atoms with Crippen LogP contribution in [0.1, 0.15) is 19.4 Å². The number of amides is 2. The third kappa shape index (κ3) is 3.68. The van der Waals surface area contributed by atoms with Crippen LogP contribution in [0.15, 0.2) is 34.4 Å². The Bertz CT molecular complexity index is 610. The van der Waals surface area contributed by atoms with Crippen molar-refractivity contribution in [2.24, 2.45) is 10.1 Å². The van der Waals surface area contributed by atoms with Gasteiger partial charge in [0.2, 0.25) is 0 Å². The first-order chi connectivity index (χ1) is 10.9. The van der Waals surface area contributed by atoms with Crippen molar-refractivity contribution in [1.82, 2.24) is 9.91 Å². The second-order valence-corrected chi connectivity index (χ2v) is 5.83. The number of ether oxygens (including phenoxy) is 2. The van der Waals surface area contributed by atoms with E-state index in [0.29, 0.717) is 12.4 Å². The average Bonchev–Trinajstić information content (AvgIpc) is 2.91. The molecule has 0 spiro atoms. The maximum Gasteiger partial charge on any atom is 0.342 e. The average molecular weight is 318 g/mol. The van der Waals surface area contributed by atoms with Gasteiger partial charge < -0.3 is 9.47 Å². The van der Waals surface area contributed by atoms with Gasteiger partial charge in [-0.2, -0.15) is 0 Å². The summed E-state index contributed by atoms with van der Waals surface area (Å²) in [4.78, 5) is 18.1. The normalized spacial score (nSPS) is 17.0. The third-order valence-electron chi connectivity index (χ3n) is 3.66.